The first-order valence-electron chi connectivity index (χ1n) is 9.47. The molecule has 2 fully saturated rings. The van der Waals surface area contributed by atoms with Gasteiger partial charge in [-0.15, -0.1) is 0 Å². The number of carbonyl (C=O) groups excluding carboxylic acids is 1. The number of ether oxygens (including phenoxy) is 2. The molecule has 2 aliphatic rings. The summed E-state index contributed by atoms with van der Waals surface area (Å²) in [7, 11) is 0. The van der Waals surface area contributed by atoms with Crippen LogP contribution in [0, 0.1) is 11.3 Å². The number of Topliss-reactive ketones (excluding diaryl/α,β-unsaturated/α-hetero) is 1. The fourth-order valence-corrected chi connectivity index (χ4v) is 3.97. The second-order valence-corrected chi connectivity index (χ2v) is 8.41. The lowest BCUT2D eigenvalue weighted by Gasteiger charge is -2.48. The number of aliphatic hydroxyl groups excluding tert-OH is 5. The second-order valence-electron chi connectivity index (χ2n) is 8.41. The van der Waals surface area contributed by atoms with E-state index in [1.165, 1.54) is 12.2 Å². The van der Waals surface area contributed by atoms with Gasteiger partial charge in [0, 0.05) is 30.8 Å². The Morgan fingerprint density at radius 2 is 1.82 bits per heavy atom. The normalized spacial score (nSPS) is 42.7. The summed E-state index contributed by atoms with van der Waals surface area (Å²) in [5.74, 6) is -0.674. The monoisotopic (exact) mass is 404 g/mol. The van der Waals surface area contributed by atoms with Crippen molar-refractivity contribution in [1.29, 1.82) is 0 Å². The molecule has 0 unspecified atom stereocenters. The van der Waals surface area contributed by atoms with Crippen LogP contribution in [0.5, 0.6) is 0 Å². The van der Waals surface area contributed by atoms with Crippen LogP contribution in [0.3, 0.4) is 0 Å². The van der Waals surface area contributed by atoms with E-state index < -0.39 is 60.4 Å². The minimum atomic E-state index is -1.54. The average Bonchev–Trinajstić information content (AvgIpc) is 2.63. The molecule has 1 aliphatic carbocycles. The summed E-state index contributed by atoms with van der Waals surface area (Å²) in [6.45, 7) is 4.21. The van der Waals surface area contributed by atoms with Crippen LogP contribution < -0.4 is 0 Å². The molecule has 9 heteroatoms. The number of carbonyl (C=O) groups is 1. The van der Waals surface area contributed by atoms with Gasteiger partial charge in [-0.25, -0.2) is 0 Å². The zero-order valence-electron chi connectivity index (χ0n) is 16.4. The van der Waals surface area contributed by atoms with E-state index >= 15 is 0 Å². The number of ketones is 1. The molecule has 0 radical (unpaired) electrons. The predicted octanol–water partition coefficient (Wildman–Crippen LogP) is -1.52. The highest BCUT2D eigenvalue weighted by Gasteiger charge is 2.52. The molecule has 6 N–H and O–H groups in total. The molecule has 0 amide bonds. The van der Waals surface area contributed by atoms with Crippen molar-refractivity contribution in [3.05, 3.63) is 12.2 Å². The fraction of sp³-hybridized carbons (Fsp3) is 0.842. The summed E-state index contributed by atoms with van der Waals surface area (Å²) < 4.78 is 10.9. The largest absolute Gasteiger partial charge is 0.396 e. The Morgan fingerprint density at radius 1 is 1.18 bits per heavy atom. The third kappa shape index (κ3) is 4.47. The van der Waals surface area contributed by atoms with Crippen molar-refractivity contribution in [2.45, 2.75) is 76.0 Å². The van der Waals surface area contributed by atoms with Crippen LogP contribution in [0.2, 0.25) is 0 Å². The standard InChI is InChI=1S/C19H32O9/c1-10(27-17-16(25)15(24)14(23)13(9-21)28-17)4-5-19(26)11(8-20)6-12(22)7-18(19,2)3/h4-5,10-11,13-17,20-21,23-26H,6-9H2,1-3H3/t10-,11+,13-,14-,15+,16-,17-,19-/m1/s1. The molecule has 1 saturated heterocycles. The van der Waals surface area contributed by atoms with Crippen LogP contribution in [0.15, 0.2) is 12.2 Å². The van der Waals surface area contributed by atoms with Crippen molar-refractivity contribution in [2.24, 2.45) is 11.3 Å². The van der Waals surface area contributed by atoms with E-state index in [0.717, 1.165) is 0 Å². The van der Waals surface area contributed by atoms with Crippen LogP contribution >= 0.6 is 0 Å². The Labute approximate surface area is 164 Å². The first-order valence-corrected chi connectivity index (χ1v) is 9.47. The van der Waals surface area contributed by atoms with Gasteiger partial charge in [0.15, 0.2) is 6.29 Å². The van der Waals surface area contributed by atoms with Gasteiger partial charge in [-0.05, 0) is 6.92 Å². The highest BCUT2D eigenvalue weighted by Crippen LogP contribution is 2.46. The van der Waals surface area contributed by atoms with E-state index in [1.807, 2.05) is 0 Å². The molecule has 162 valence electrons. The Balaban J connectivity index is 2.11. The van der Waals surface area contributed by atoms with E-state index in [1.54, 1.807) is 20.8 Å². The lowest BCUT2D eigenvalue weighted by atomic mass is 9.60. The highest BCUT2D eigenvalue weighted by molar-refractivity contribution is 5.81. The molecule has 1 heterocycles. The molecule has 0 aromatic heterocycles. The molecular weight excluding hydrogens is 372 g/mol. The first kappa shape index (κ1) is 23.4. The van der Waals surface area contributed by atoms with Crippen molar-refractivity contribution < 1.29 is 44.9 Å². The molecule has 28 heavy (non-hydrogen) atoms. The maximum atomic E-state index is 11.9. The van der Waals surface area contributed by atoms with Crippen LogP contribution in [-0.2, 0) is 14.3 Å². The molecule has 8 atom stereocenters. The van der Waals surface area contributed by atoms with E-state index in [-0.39, 0.29) is 25.2 Å². The predicted molar refractivity (Wildman–Crippen MR) is 97.0 cm³/mol. The molecule has 1 aliphatic heterocycles. The van der Waals surface area contributed by atoms with E-state index in [0.29, 0.717) is 0 Å². The number of rotatable bonds is 6. The van der Waals surface area contributed by atoms with Gasteiger partial charge >= 0.3 is 0 Å². The Bertz CT molecular complexity index is 576. The van der Waals surface area contributed by atoms with E-state index in [9.17, 15) is 35.4 Å². The van der Waals surface area contributed by atoms with Gasteiger partial charge in [-0.3, -0.25) is 4.79 Å². The van der Waals surface area contributed by atoms with Crippen molar-refractivity contribution in [2.75, 3.05) is 13.2 Å². The molecule has 0 spiro atoms. The van der Waals surface area contributed by atoms with Gasteiger partial charge in [0.1, 0.15) is 30.2 Å². The third-order valence-corrected chi connectivity index (χ3v) is 5.86. The molecule has 9 nitrogen and oxygen atoms in total. The Hall–Kier alpha value is -0.910. The van der Waals surface area contributed by atoms with Gasteiger partial charge in [-0.2, -0.15) is 0 Å². The Morgan fingerprint density at radius 3 is 2.39 bits per heavy atom. The van der Waals surface area contributed by atoms with E-state index in [2.05, 4.69) is 0 Å². The zero-order valence-corrected chi connectivity index (χ0v) is 16.4. The van der Waals surface area contributed by atoms with Gasteiger partial charge in [0.2, 0.25) is 0 Å². The molecule has 0 aromatic carbocycles. The number of hydrogen-bond donors (Lipinski definition) is 6. The lowest BCUT2D eigenvalue weighted by Crippen LogP contribution is -2.59. The summed E-state index contributed by atoms with van der Waals surface area (Å²) in [6.07, 6.45) is -4.32. The second kappa shape index (κ2) is 8.85. The summed E-state index contributed by atoms with van der Waals surface area (Å²) in [5.41, 5.74) is -2.24. The van der Waals surface area contributed by atoms with Crippen molar-refractivity contribution >= 4 is 5.78 Å². The average molecular weight is 404 g/mol. The summed E-state index contributed by atoms with van der Waals surface area (Å²) >= 11 is 0. The topological polar surface area (TPSA) is 157 Å². The minimum Gasteiger partial charge on any atom is -0.396 e. The maximum Gasteiger partial charge on any atom is 0.187 e. The summed E-state index contributed by atoms with van der Waals surface area (Å²) in [5, 5.41) is 59.7. The van der Waals surface area contributed by atoms with Crippen molar-refractivity contribution in [1.82, 2.24) is 0 Å². The summed E-state index contributed by atoms with van der Waals surface area (Å²) in [6, 6.07) is 0. The Kier molecular flexibility index (Phi) is 7.38. The molecule has 0 bridgehead atoms. The van der Waals surface area contributed by atoms with E-state index in [4.69, 9.17) is 9.47 Å². The van der Waals surface area contributed by atoms with Crippen molar-refractivity contribution in [3.63, 3.8) is 0 Å². The van der Waals surface area contributed by atoms with Crippen LogP contribution in [0.1, 0.15) is 33.6 Å². The summed E-state index contributed by atoms with van der Waals surface area (Å²) in [4.78, 5) is 11.9. The smallest absolute Gasteiger partial charge is 0.187 e. The maximum absolute atomic E-state index is 11.9. The quantitative estimate of drug-likeness (QED) is 0.289. The SMILES string of the molecule is C[C@H](C=C[C@@]1(O)[C@H](CO)CC(=O)CC1(C)C)O[C@@H]1O[C@H](CO)[C@@H](O)[C@H](O)[C@H]1O. The molecular formula is C19H32O9. The number of aliphatic hydroxyl groups is 6. The van der Waals surface area contributed by atoms with Gasteiger partial charge < -0.3 is 40.1 Å². The van der Waals surface area contributed by atoms with Gasteiger partial charge in [0.25, 0.3) is 0 Å². The van der Waals surface area contributed by atoms with Crippen LogP contribution in [-0.4, -0.2) is 92.0 Å². The van der Waals surface area contributed by atoms with Crippen LogP contribution in [0.25, 0.3) is 0 Å². The highest BCUT2D eigenvalue weighted by atomic mass is 16.7. The minimum absolute atomic E-state index is 0.0206. The third-order valence-electron chi connectivity index (χ3n) is 5.86. The fourth-order valence-electron chi connectivity index (χ4n) is 3.97. The van der Waals surface area contributed by atoms with Crippen LogP contribution in [0.4, 0.5) is 0 Å². The van der Waals surface area contributed by atoms with Crippen molar-refractivity contribution in [3.8, 4) is 0 Å². The first-order chi connectivity index (χ1) is 13.0. The molecule has 0 aromatic rings. The molecule has 2 rings (SSSR count). The number of hydrogen-bond acceptors (Lipinski definition) is 9. The molecule has 1 saturated carbocycles. The van der Waals surface area contributed by atoms with Gasteiger partial charge in [0.05, 0.1) is 18.3 Å². The zero-order chi connectivity index (χ0) is 21.3. The van der Waals surface area contributed by atoms with Gasteiger partial charge in [-0.1, -0.05) is 26.0 Å². The lowest BCUT2D eigenvalue weighted by molar-refractivity contribution is -0.306.